The number of benzene rings is 1. The van der Waals surface area contributed by atoms with Crippen molar-refractivity contribution in [2.45, 2.75) is 38.5 Å². The standard InChI is InChI=1S/C13H18ClF/c1-3-10(4-2)12(14)9-11-7-5-6-8-13(11)15/h5-8,10,12H,3-4,9H2,1-2H3. The lowest BCUT2D eigenvalue weighted by Crippen LogP contribution is -2.16. The van der Waals surface area contributed by atoms with Gasteiger partial charge in [0, 0.05) is 5.38 Å². The molecule has 0 aromatic heterocycles. The second-order valence-electron chi connectivity index (χ2n) is 3.89. The van der Waals surface area contributed by atoms with Crippen molar-refractivity contribution in [2.24, 2.45) is 5.92 Å². The molecule has 0 heterocycles. The van der Waals surface area contributed by atoms with Gasteiger partial charge in [-0.05, 0) is 24.0 Å². The van der Waals surface area contributed by atoms with E-state index in [0.29, 0.717) is 12.3 Å². The fourth-order valence-corrected chi connectivity index (χ4v) is 2.36. The van der Waals surface area contributed by atoms with Crippen molar-refractivity contribution in [1.82, 2.24) is 0 Å². The number of hydrogen-bond acceptors (Lipinski definition) is 0. The molecular weight excluding hydrogens is 211 g/mol. The second kappa shape index (κ2) is 6.12. The summed E-state index contributed by atoms with van der Waals surface area (Å²) in [5, 5.41) is 0.0388. The molecule has 1 aromatic rings. The van der Waals surface area contributed by atoms with Gasteiger partial charge in [-0.3, -0.25) is 0 Å². The Bertz CT molecular complexity index is 294. The number of alkyl halides is 1. The highest BCUT2D eigenvalue weighted by molar-refractivity contribution is 6.20. The first-order valence-electron chi connectivity index (χ1n) is 5.56. The fraction of sp³-hybridized carbons (Fsp3) is 0.538. The van der Waals surface area contributed by atoms with Crippen molar-refractivity contribution in [2.75, 3.05) is 0 Å². The Morgan fingerprint density at radius 2 is 1.80 bits per heavy atom. The predicted octanol–water partition coefficient (Wildman–Crippen LogP) is 4.41. The Morgan fingerprint density at radius 3 is 2.33 bits per heavy atom. The van der Waals surface area contributed by atoms with E-state index < -0.39 is 0 Å². The molecule has 0 fully saturated rings. The Kier molecular flexibility index (Phi) is 5.10. The van der Waals surface area contributed by atoms with Gasteiger partial charge in [-0.25, -0.2) is 4.39 Å². The highest BCUT2D eigenvalue weighted by Gasteiger charge is 2.17. The maximum Gasteiger partial charge on any atom is 0.126 e. The third-order valence-corrected chi connectivity index (χ3v) is 3.44. The maximum absolute atomic E-state index is 13.4. The molecule has 0 aliphatic rings. The average molecular weight is 229 g/mol. The van der Waals surface area contributed by atoms with Crippen molar-refractivity contribution in [3.63, 3.8) is 0 Å². The highest BCUT2D eigenvalue weighted by atomic mass is 35.5. The van der Waals surface area contributed by atoms with Crippen LogP contribution in [-0.2, 0) is 6.42 Å². The summed E-state index contributed by atoms with van der Waals surface area (Å²) in [5.74, 6) is 0.334. The summed E-state index contributed by atoms with van der Waals surface area (Å²) < 4.78 is 13.4. The average Bonchev–Trinajstić information content (AvgIpc) is 2.23. The molecule has 1 rings (SSSR count). The number of halogens is 2. The lowest BCUT2D eigenvalue weighted by atomic mass is 9.94. The van der Waals surface area contributed by atoms with Crippen LogP contribution in [0.1, 0.15) is 32.3 Å². The van der Waals surface area contributed by atoms with Crippen LogP contribution in [-0.4, -0.2) is 5.38 Å². The molecule has 0 saturated heterocycles. The highest BCUT2D eigenvalue weighted by Crippen LogP contribution is 2.23. The van der Waals surface area contributed by atoms with Gasteiger partial charge in [0.15, 0.2) is 0 Å². The van der Waals surface area contributed by atoms with Crippen LogP contribution in [0.15, 0.2) is 24.3 Å². The first kappa shape index (κ1) is 12.5. The van der Waals surface area contributed by atoms with E-state index in [9.17, 15) is 4.39 Å². The molecule has 0 amide bonds. The maximum atomic E-state index is 13.4. The normalized spacial score (nSPS) is 13.1. The summed E-state index contributed by atoms with van der Waals surface area (Å²) in [6.07, 6.45) is 2.73. The Labute approximate surface area is 96.5 Å². The topological polar surface area (TPSA) is 0 Å². The zero-order valence-corrected chi connectivity index (χ0v) is 10.1. The van der Waals surface area contributed by atoms with Crippen LogP contribution in [0.25, 0.3) is 0 Å². The van der Waals surface area contributed by atoms with E-state index in [2.05, 4.69) is 13.8 Å². The largest absolute Gasteiger partial charge is 0.207 e. The van der Waals surface area contributed by atoms with Crippen LogP contribution >= 0.6 is 11.6 Å². The van der Waals surface area contributed by atoms with E-state index in [1.807, 2.05) is 12.1 Å². The minimum atomic E-state index is -0.144. The first-order chi connectivity index (χ1) is 7.19. The summed E-state index contributed by atoms with van der Waals surface area (Å²) >= 11 is 6.29. The smallest absolute Gasteiger partial charge is 0.126 e. The van der Waals surface area contributed by atoms with Gasteiger partial charge in [-0.15, -0.1) is 11.6 Å². The van der Waals surface area contributed by atoms with E-state index in [1.54, 1.807) is 6.07 Å². The zero-order valence-electron chi connectivity index (χ0n) is 9.34. The molecule has 2 heteroatoms. The Hall–Kier alpha value is -0.560. The third-order valence-electron chi connectivity index (χ3n) is 2.93. The van der Waals surface area contributed by atoms with E-state index in [-0.39, 0.29) is 11.2 Å². The summed E-state index contributed by atoms with van der Waals surface area (Å²) in [6, 6.07) is 6.87. The summed E-state index contributed by atoms with van der Waals surface area (Å²) in [4.78, 5) is 0. The lowest BCUT2D eigenvalue weighted by molar-refractivity contribution is 0.458. The van der Waals surface area contributed by atoms with Gasteiger partial charge < -0.3 is 0 Å². The van der Waals surface area contributed by atoms with Crippen LogP contribution in [0.5, 0.6) is 0 Å². The van der Waals surface area contributed by atoms with Gasteiger partial charge in [-0.2, -0.15) is 0 Å². The molecule has 0 saturated carbocycles. The van der Waals surface area contributed by atoms with Gasteiger partial charge in [0.05, 0.1) is 0 Å². The van der Waals surface area contributed by atoms with Crippen molar-refractivity contribution in [3.05, 3.63) is 35.6 Å². The van der Waals surface area contributed by atoms with Gasteiger partial charge in [0.1, 0.15) is 5.82 Å². The van der Waals surface area contributed by atoms with Gasteiger partial charge in [0.25, 0.3) is 0 Å². The zero-order chi connectivity index (χ0) is 11.3. The third kappa shape index (κ3) is 3.49. The fourth-order valence-electron chi connectivity index (χ4n) is 1.84. The van der Waals surface area contributed by atoms with Crippen LogP contribution in [0, 0.1) is 11.7 Å². The number of rotatable bonds is 5. The summed E-state index contributed by atoms with van der Waals surface area (Å²) in [6.45, 7) is 4.26. The lowest BCUT2D eigenvalue weighted by Gasteiger charge is -2.19. The van der Waals surface area contributed by atoms with Crippen LogP contribution in [0.2, 0.25) is 0 Å². The van der Waals surface area contributed by atoms with Crippen molar-refractivity contribution in [1.29, 1.82) is 0 Å². The van der Waals surface area contributed by atoms with Crippen molar-refractivity contribution >= 4 is 11.6 Å². The van der Waals surface area contributed by atoms with Crippen LogP contribution in [0.4, 0.5) is 4.39 Å². The van der Waals surface area contributed by atoms with E-state index >= 15 is 0 Å². The molecule has 0 bridgehead atoms. The molecule has 1 atom stereocenters. The van der Waals surface area contributed by atoms with E-state index in [4.69, 9.17) is 11.6 Å². The molecule has 1 aromatic carbocycles. The number of hydrogen-bond donors (Lipinski definition) is 0. The molecule has 1 unspecified atom stereocenters. The molecule has 0 aliphatic carbocycles. The molecular formula is C13H18ClF. The molecule has 84 valence electrons. The molecule has 0 spiro atoms. The van der Waals surface area contributed by atoms with Crippen LogP contribution in [0.3, 0.4) is 0 Å². The Balaban J connectivity index is 2.65. The van der Waals surface area contributed by atoms with Crippen LogP contribution < -0.4 is 0 Å². The van der Waals surface area contributed by atoms with Gasteiger partial charge in [-0.1, -0.05) is 44.9 Å². The van der Waals surface area contributed by atoms with E-state index in [0.717, 1.165) is 18.4 Å². The summed E-state index contributed by atoms with van der Waals surface area (Å²) in [5.41, 5.74) is 0.726. The molecule has 0 aliphatic heterocycles. The predicted molar refractivity (Wildman–Crippen MR) is 63.8 cm³/mol. The SMILES string of the molecule is CCC(CC)C(Cl)Cc1ccccc1F. The van der Waals surface area contributed by atoms with Gasteiger partial charge in [0.2, 0.25) is 0 Å². The first-order valence-corrected chi connectivity index (χ1v) is 6.00. The quantitative estimate of drug-likeness (QED) is 0.655. The Morgan fingerprint density at radius 1 is 1.20 bits per heavy atom. The molecule has 0 radical (unpaired) electrons. The second-order valence-corrected chi connectivity index (χ2v) is 4.45. The van der Waals surface area contributed by atoms with Gasteiger partial charge >= 0.3 is 0 Å². The van der Waals surface area contributed by atoms with Crippen molar-refractivity contribution < 1.29 is 4.39 Å². The molecule has 15 heavy (non-hydrogen) atoms. The molecule has 0 N–H and O–H groups in total. The van der Waals surface area contributed by atoms with Crippen molar-refractivity contribution in [3.8, 4) is 0 Å². The molecule has 0 nitrogen and oxygen atoms in total. The minimum absolute atomic E-state index is 0.0388. The monoisotopic (exact) mass is 228 g/mol. The summed E-state index contributed by atoms with van der Waals surface area (Å²) in [7, 11) is 0. The van der Waals surface area contributed by atoms with E-state index in [1.165, 1.54) is 6.07 Å². The minimum Gasteiger partial charge on any atom is -0.207 e.